The van der Waals surface area contributed by atoms with Gasteiger partial charge in [-0.15, -0.1) is 15.3 Å². The monoisotopic (exact) mass is 378 g/mol. The first-order valence-corrected chi connectivity index (χ1v) is 8.37. The molecular weight excluding hydrogens is 364 g/mol. The number of aryl methyl sites for hydroxylation is 1. The zero-order valence-electron chi connectivity index (χ0n) is 14.5. The smallest absolute Gasteiger partial charge is 0.189 e. The summed E-state index contributed by atoms with van der Waals surface area (Å²) >= 11 is 4.96. The number of carbonyl (C=O) groups excluding carboxylic acids is 1. The third kappa shape index (κ3) is 2.49. The molecule has 0 saturated carbocycles. The van der Waals surface area contributed by atoms with E-state index in [4.69, 9.17) is 23.7 Å². The molecule has 9 nitrogen and oxygen atoms in total. The van der Waals surface area contributed by atoms with E-state index < -0.39 is 0 Å². The van der Waals surface area contributed by atoms with Crippen LogP contribution in [0, 0.1) is 6.92 Å². The summed E-state index contributed by atoms with van der Waals surface area (Å²) in [4.78, 5) is 21.0. The molecule has 4 aromatic rings. The van der Waals surface area contributed by atoms with Gasteiger partial charge in [-0.3, -0.25) is 9.78 Å². The van der Waals surface area contributed by atoms with Gasteiger partial charge >= 0.3 is 0 Å². The van der Waals surface area contributed by atoms with Gasteiger partial charge in [0.05, 0.1) is 11.1 Å². The summed E-state index contributed by atoms with van der Waals surface area (Å²) in [5.74, 6) is 0.0328. The summed E-state index contributed by atoms with van der Waals surface area (Å²) in [6.07, 6.45) is 3.33. The van der Waals surface area contributed by atoms with Gasteiger partial charge in [-0.05, 0) is 19.9 Å². The van der Waals surface area contributed by atoms with Gasteiger partial charge in [-0.25, -0.2) is 4.98 Å². The number of ketones is 1. The van der Waals surface area contributed by atoms with Crippen LogP contribution in [-0.2, 0) is 0 Å². The van der Waals surface area contributed by atoms with E-state index in [1.807, 2.05) is 6.07 Å². The molecule has 134 valence electrons. The molecule has 0 radical (unpaired) electrons. The van der Waals surface area contributed by atoms with Crippen LogP contribution in [0.25, 0.3) is 27.8 Å². The molecule has 0 saturated heterocycles. The summed E-state index contributed by atoms with van der Waals surface area (Å²) in [6, 6.07) is 3.65. The molecule has 27 heavy (non-hydrogen) atoms. The van der Waals surface area contributed by atoms with Crippen molar-refractivity contribution in [3.63, 3.8) is 0 Å². The van der Waals surface area contributed by atoms with Crippen molar-refractivity contribution in [2.75, 3.05) is 5.73 Å². The molecule has 0 aliphatic heterocycles. The summed E-state index contributed by atoms with van der Waals surface area (Å²) in [6.45, 7) is 3.25. The van der Waals surface area contributed by atoms with Crippen molar-refractivity contribution in [3.8, 4) is 11.1 Å². The van der Waals surface area contributed by atoms with E-state index in [-0.39, 0.29) is 22.3 Å². The predicted octanol–water partition coefficient (Wildman–Crippen LogP) is 1.46. The van der Waals surface area contributed by atoms with Gasteiger partial charge in [0.15, 0.2) is 28.6 Å². The van der Waals surface area contributed by atoms with Crippen molar-refractivity contribution in [3.05, 3.63) is 41.5 Å². The van der Waals surface area contributed by atoms with E-state index in [0.717, 1.165) is 5.56 Å². The van der Waals surface area contributed by atoms with Crippen LogP contribution < -0.4 is 11.5 Å². The van der Waals surface area contributed by atoms with Crippen LogP contribution in [0.3, 0.4) is 0 Å². The second-order valence-corrected chi connectivity index (χ2v) is 6.42. The molecule has 0 bridgehead atoms. The number of carbonyl (C=O) groups is 1. The van der Waals surface area contributed by atoms with E-state index in [2.05, 4.69) is 25.3 Å². The minimum absolute atomic E-state index is 0.0162. The zero-order chi connectivity index (χ0) is 19.3. The predicted molar refractivity (Wildman–Crippen MR) is 104 cm³/mol. The van der Waals surface area contributed by atoms with Gasteiger partial charge in [0.2, 0.25) is 0 Å². The van der Waals surface area contributed by atoms with Crippen LogP contribution in [0.4, 0.5) is 5.82 Å². The van der Waals surface area contributed by atoms with Gasteiger partial charge in [0.1, 0.15) is 4.99 Å². The normalized spacial score (nSPS) is 11.2. The number of thiocarbonyl (C=S) groups is 1. The first-order valence-electron chi connectivity index (χ1n) is 7.96. The molecule has 0 atom stereocenters. The Morgan fingerprint density at radius 1 is 1.30 bits per heavy atom. The van der Waals surface area contributed by atoms with Gasteiger partial charge in [-0.1, -0.05) is 18.3 Å². The molecular formula is C17H14N8OS. The lowest BCUT2D eigenvalue weighted by atomic mass is 9.95. The molecule has 0 fully saturated rings. The van der Waals surface area contributed by atoms with Crippen LogP contribution in [0.15, 0.2) is 24.5 Å². The largest absolute Gasteiger partial charge is 0.388 e. The summed E-state index contributed by atoms with van der Waals surface area (Å²) in [5.41, 5.74) is 15.1. The SMILES string of the molecule is CC(=O)c1c(C)nc2nn3c(N)c(C(N)=S)nnc3c2c1-c1cccnc1. The maximum Gasteiger partial charge on any atom is 0.189 e. The van der Waals surface area contributed by atoms with Crippen molar-refractivity contribution < 1.29 is 4.79 Å². The number of Topliss-reactive ketones (excluding diaryl/α,β-unsaturated/α-hetero) is 1. The van der Waals surface area contributed by atoms with E-state index in [0.29, 0.717) is 33.5 Å². The maximum atomic E-state index is 12.4. The Kier molecular flexibility index (Phi) is 3.77. The number of hydrogen-bond acceptors (Lipinski definition) is 8. The van der Waals surface area contributed by atoms with E-state index in [9.17, 15) is 4.79 Å². The zero-order valence-corrected chi connectivity index (χ0v) is 15.3. The quantitative estimate of drug-likeness (QED) is 0.401. The number of rotatable bonds is 3. The number of nitrogens with zero attached hydrogens (tertiary/aromatic N) is 6. The molecule has 4 rings (SSSR count). The lowest BCUT2D eigenvalue weighted by molar-refractivity contribution is 0.101. The molecule has 4 aromatic heterocycles. The molecule has 0 aliphatic carbocycles. The van der Waals surface area contributed by atoms with Crippen molar-refractivity contribution in [1.82, 2.24) is 29.8 Å². The molecule has 0 amide bonds. The van der Waals surface area contributed by atoms with Gasteiger partial charge < -0.3 is 11.5 Å². The Morgan fingerprint density at radius 3 is 2.70 bits per heavy atom. The van der Waals surface area contributed by atoms with Gasteiger partial charge in [0, 0.05) is 29.1 Å². The number of pyridine rings is 2. The molecule has 0 aliphatic rings. The Hall–Kier alpha value is -3.53. The second kappa shape index (κ2) is 6.02. The van der Waals surface area contributed by atoms with E-state index in [1.165, 1.54) is 11.4 Å². The number of hydrogen-bond donors (Lipinski definition) is 2. The summed E-state index contributed by atoms with van der Waals surface area (Å²) in [7, 11) is 0. The molecule has 4 N–H and O–H groups in total. The first-order chi connectivity index (χ1) is 12.9. The fraction of sp³-hybridized carbons (Fsp3) is 0.118. The third-order valence-corrected chi connectivity index (χ3v) is 4.42. The lowest BCUT2D eigenvalue weighted by Crippen LogP contribution is -2.18. The Balaban J connectivity index is 2.24. The Morgan fingerprint density at radius 2 is 2.07 bits per heavy atom. The topological polar surface area (TPSA) is 138 Å². The van der Waals surface area contributed by atoms with Gasteiger partial charge in [0.25, 0.3) is 0 Å². The Labute approximate surface area is 158 Å². The average Bonchev–Trinajstić information content (AvgIpc) is 3.00. The Bertz CT molecular complexity index is 1250. The first kappa shape index (κ1) is 16.9. The highest BCUT2D eigenvalue weighted by Crippen LogP contribution is 2.35. The maximum absolute atomic E-state index is 12.4. The molecule has 0 unspecified atom stereocenters. The minimum Gasteiger partial charge on any atom is -0.388 e. The highest BCUT2D eigenvalue weighted by Gasteiger charge is 2.24. The van der Waals surface area contributed by atoms with Crippen LogP contribution in [0.5, 0.6) is 0 Å². The van der Waals surface area contributed by atoms with Crippen LogP contribution in [0.2, 0.25) is 0 Å². The molecule has 4 heterocycles. The molecule has 10 heteroatoms. The second-order valence-electron chi connectivity index (χ2n) is 5.98. The summed E-state index contributed by atoms with van der Waals surface area (Å²) < 4.78 is 1.39. The van der Waals surface area contributed by atoms with Crippen molar-refractivity contribution in [2.45, 2.75) is 13.8 Å². The fourth-order valence-corrected chi connectivity index (χ4v) is 3.28. The van der Waals surface area contributed by atoms with Crippen LogP contribution in [-0.4, -0.2) is 40.6 Å². The molecule has 0 spiro atoms. The van der Waals surface area contributed by atoms with Crippen molar-refractivity contribution in [2.24, 2.45) is 5.73 Å². The van der Waals surface area contributed by atoms with Crippen LogP contribution >= 0.6 is 12.2 Å². The van der Waals surface area contributed by atoms with Crippen molar-refractivity contribution >= 4 is 45.5 Å². The number of nitrogens with two attached hydrogens (primary N) is 2. The third-order valence-electron chi connectivity index (χ3n) is 4.23. The highest BCUT2D eigenvalue weighted by atomic mass is 32.1. The van der Waals surface area contributed by atoms with Crippen molar-refractivity contribution in [1.29, 1.82) is 0 Å². The van der Waals surface area contributed by atoms with E-state index >= 15 is 0 Å². The fourth-order valence-electron chi connectivity index (χ4n) is 3.14. The number of aromatic nitrogens is 6. The number of anilines is 1. The highest BCUT2D eigenvalue weighted by molar-refractivity contribution is 7.80. The minimum atomic E-state index is -0.124. The molecule has 0 aromatic carbocycles. The lowest BCUT2D eigenvalue weighted by Gasteiger charge is -2.11. The number of nitrogen functional groups attached to an aromatic ring is 1. The standard InChI is InChI=1S/C17H14N8OS/c1-7-10(8(2)26)11(9-4-3-5-20-6-9)12-16(21-7)24-25-14(18)13(15(19)27)22-23-17(12)25/h3-6H,18H2,1-2H3,(H2,19,27). The van der Waals surface area contributed by atoms with E-state index in [1.54, 1.807) is 25.4 Å². The van der Waals surface area contributed by atoms with Gasteiger partial charge in [-0.2, -0.15) is 4.52 Å². The average molecular weight is 378 g/mol. The summed E-state index contributed by atoms with van der Waals surface area (Å²) in [5, 5.41) is 13.2. The number of fused-ring (bicyclic) bond motifs is 3. The van der Waals surface area contributed by atoms with Crippen LogP contribution in [0.1, 0.15) is 28.7 Å².